The van der Waals surface area contributed by atoms with Crippen LogP contribution in [0.4, 0.5) is 0 Å². The minimum atomic E-state index is -3.76. The maximum atomic E-state index is 13.6. The first-order valence-electron chi connectivity index (χ1n) is 12.9. The molecule has 9 nitrogen and oxygen atoms in total. The first-order chi connectivity index (χ1) is 18.0. The third kappa shape index (κ3) is 6.02. The predicted octanol–water partition coefficient (Wildman–Crippen LogP) is 2.28. The third-order valence-electron chi connectivity index (χ3n) is 7.28. The highest BCUT2D eigenvalue weighted by Crippen LogP contribution is 2.30. The third-order valence-corrected chi connectivity index (χ3v) is 9.12. The summed E-state index contributed by atoms with van der Waals surface area (Å²) in [5.74, 6) is 5.34. The molecule has 1 fully saturated rings. The Morgan fingerprint density at radius 1 is 1.26 bits per heavy atom. The van der Waals surface area contributed by atoms with Crippen molar-refractivity contribution in [2.24, 2.45) is 5.92 Å². The van der Waals surface area contributed by atoms with Gasteiger partial charge in [0.25, 0.3) is 5.91 Å². The van der Waals surface area contributed by atoms with Crippen LogP contribution >= 0.6 is 0 Å². The average Bonchev–Trinajstić information content (AvgIpc) is 3.36. The number of likely N-dealkylation sites (N-methyl/N-ethyl adjacent to an activating group) is 1. The smallest absolute Gasteiger partial charge is 0.259 e. The average molecular weight is 542 g/mol. The predicted molar refractivity (Wildman–Crippen MR) is 142 cm³/mol. The Kier molecular flexibility index (Phi) is 8.43. The van der Waals surface area contributed by atoms with E-state index >= 15 is 0 Å². The van der Waals surface area contributed by atoms with Crippen LogP contribution in [0.5, 0.6) is 5.88 Å². The van der Waals surface area contributed by atoms with Gasteiger partial charge in [-0.3, -0.25) is 4.79 Å². The van der Waals surface area contributed by atoms with Crippen LogP contribution in [0, 0.1) is 17.8 Å². The minimum Gasteiger partial charge on any atom is -0.472 e. The number of carbonyl (C=O) groups is 1. The number of fused-ring (bicyclic) bond motifs is 1. The molecule has 4 rings (SSSR count). The Labute approximate surface area is 224 Å². The highest BCUT2D eigenvalue weighted by molar-refractivity contribution is 7.89. The summed E-state index contributed by atoms with van der Waals surface area (Å²) in [5.41, 5.74) is -0.384. The van der Waals surface area contributed by atoms with Gasteiger partial charge in [-0.25, -0.2) is 13.4 Å². The zero-order chi connectivity index (χ0) is 27.5. The molecular formula is C28H35N3O6S. The van der Waals surface area contributed by atoms with Crippen LogP contribution in [-0.4, -0.2) is 83.2 Å². The fraction of sp³-hybridized carbons (Fsp3) is 0.500. The Balaban J connectivity index is 1.67. The SMILES string of the molecule is C[C@@H]1CN([C@@H](C)CO)C(=O)c2cc(C#CC3(O)CCCC3)cnc2O[C@H]1CN(C)S(=O)(=O)c1ccccc1. The van der Waals surface area contributed by atoms with E-state index in [9.17, 15) is 23.4 Å². The summed E-state index contributed by atoms with van der Waals surface area (Å²) in [5, 5.41) is 20.4. The highest BCUT2D eigenvalue weighted by Gasteiger charge is 2.36. The van der Waals surface area contributed by atoms with Gasteiger partial charge < -0.3 is 19.8 Å². The van der Waals surface area contributed by atoms with Gasteiger partial charge in [0.1, 0.15) is 17.3 Å². The Morgan fingerprint density at radius 3 is 2.61 bits per heavy atom. The molecule has 1 aliphatic carbocycles. The lowest BCUT2D eigenvalue weighted by molar-refractivity contribution is 0.0373. The Hall–Kier alpha value is -2.97. The molecule has 0 radical (unpaired) electrons. The molecule has 1 aromatic heterocycles. The van der Waals surface area contributed by atoms with Crippen molar-refractivity contribution < 1.29 is 28.2 Å². The number of nitrogens with zero attached hydrogens (tertiary/aromatic N) is 3. The summed E-state index contributed by atoms with van der Waals surface area (Å²) in [6, 6.07) is 9.28. The van der Waals surface area contributed by atoms with Gasteiger partial charge in [-0.15, -0.1) is 0 Å². The molecule has 204 valence electrons. The van der Waals surface area contributed by atoms with Gasteiger partial charge >= 0.3 is 0 Å². The number of hydrogen-bond donors (Lipinski definition) is 2. The molecule has 38 heavy (non-hydrogen) atoms. The number of pyridine rings is 1. The number of aliphatic hydroxyl groups excluding tert-OH is 1. The lowest BCUT2D eigenvalue weighted by Crippen LogP contribution is -2.50. The van der Waals surface area contributed by atoms with Crippen LogP contribution in [0.15, 0.2) is 47.5 Å². The van der Waals surface area contributed by atoms with Crippen molar-refractivity contribution in [3.8, 4) is 17.7 Å². The van der Waals surface area contributed by atoms with E-state index in [0.717, 1.165) is 12.8 Å². The molecule has 10 heteroatoms. The van der Waals surface area contributed by atoms with Crippen LogP contribution in [-0.2, 0) is 10.0 Å². The summed E-state index contributed by atoms with van der Waals surface area (Å²) in [6.45, 7) is 3.68. The van der Waals surface area contributed by atoms with Gasteiger partial charge in [-0.05, 0) is 50.8 Å². The number of rotatable bonds is 6. The molecule has 0 bridgehead atoms. The molecule has 2 N–H and O–H groups in total. The number of hydrogen-bond acceptors (Lipinski definition) is 7. The lowest BCUT2D eigenvalue weighted by atomic mass is 10.00. The zero-order valence-electron chi connectivity index (χ0n) is 22.0. The van der Waals surface area contributed by atoms with E-state index in [1.54, 1.807) is 48.2 Å². The van der Waals surface area contributed by atoms with Crippen molar-refractivity contribution in [1.82, 2.24) is 14.2 Å². The maximum Gasteiger partial charge on any atom is 0.259 e. The van der Waals surface area contributed by atoms with Crippen LogP contribution in [0.3, 0.4) is 0 Å². The quantitative estimate of drug-likeness (QED) is 0.539. The first-order valence-corrected chi connectivity index (χ1v) is 14.3. The fourth-order valence-electron chi connectivity index (χ4n) is 4.79. The van der Waals surface area contributed by atoms with E-state index in [2.05, 4.69) is 16.8 Å². The van der Waals surface area contributed by atoms with Gasteiger partial charge in [0.05, 0.1) is 24.1 Å². The standard InChI is InChI=1S/C28H35N3O6S/c1-20-17-31(21(2)19-32)27(33)24-15-22(11-14-28(34)12-7-8-13-28)16-29-26(24)37-25(20)18-30(3)38(35,36)23-9-5-4-6-10-23/h4-6,9-10,15-16,20-21,25,32,34H,7-8,12-13,17-19H2,1-3H3/t20-,21+,25+/m1/s1. The fourth-order valence-corrected chi connectivity index (χ4v) is 5.99. The van der Waals surface area contributed by atoms with E-state index in [-0.39, 0.29) is 47.9 Å². The molecule has 3 atom stereocenters. The van der Waals surface area contributed by atoms with Gasteiger partial charge in [0, 0.05) is 31.3 Å². The van der Waals surface area contributed by atoms with Crippen molar-refractivity contribution in [2.45, 2.75) is 62.2 Å². The second kappa shape index (κ2) is 11.4. The number of ether oxygens (including phenoxy) is 1. The topological polar surface area (TPSA) is 120 Å². The first kappa shape index (κ1) is 28.0. The number of amides is 1. The lowest BCUT2D eigenvalue weighted by Gasteiger charge is -2.37. The van der Waals surface area contributed by atoms with Crippen LogP contribution in [0.1, 0.15) is 55.5 Å². The summed E-state index contributed by atoms with van der Waals surface area (Å²) < 4.78 is 33.8. The van der Waals surface area contributed by atoms with Crippen molar-refractivity contribution in [2.75, 3.05) is 26.7 Å². The molecule has 2 aromatic rings. The number of aliphatic hydroxyl groups is 2. The molecule has 2 aliphatic rings. The van der Waals surface area contributed by atoms with Crippen LogP contribution in [0.25, 0.3) is 0 Å². The Morgan fingerprint density at radius 2 is 1.95 bits per heavy atom. The molecule has 0 unspecified atom stereocenters. The molecule has 1 aromatic carbocycles. The summed E-state index contributed by atoms with van der Waals surface area (Å²) in [6.07, 6.45) is 3.93. The van der Waals surface area contributed by atoms with E-state index in [4.69, 9.17) is 4.74 Å². The maximum absolute atomic E-state index is 13.6. The van der Waals surface area contributed by atoms with E-state index < -0.39 is 27.8 Å². The molecule has 0 saturated heterocycles. The second-order valence-electron chi connectivity index (χ2n) is 10.3. The molecule has 1 saturated carbocycles. The van der Waals surface area contributed by atoms with Gasteiger partial charge in [-0.1, -0.05) is 37.0 Å². The monoisotopic (exact) mass is 541 g/mol. The van der Waals surface area contributed by atoms with E-state index in [1.807, 2.05) is 6.92 Å². The van der Waals surface area contributed by atoms with Crippen molar-refractivity contribution in [3.63, 3.8) is 0 Å². The molecule has 2 heterocycles. The van der Waals surface area contributed by atoms with Crippen molar-refractivity contribution >= 4 is 15.9 Å². The molecule has 0 spiro atoms. The second-order valence-corrected chi connectivity index (χ2v) is 12.3. The zero-order valence-corrected chi connectivity index (χ0v) is 22.8. The van der Waals surface area contributed by atoms with Crippen molar-refractivity contribution in [1.29, 1.82) is 0 Å². The number of carbonyl (C=O) groups excluding carboxylic acids is 1. The van der Waals surface area contributed by atoms with Gasteiger partial charge in [0.15, 0.2) is 0 Å². The largest absolute Gasteiger partial charge is 0.472 e. The minimum absolute atomic E-state index is 0.0314. The number of sulfonamides is 1. The van der Waals surface area contributed by atoms with Crippen molar-refractivity contribution in [3.05, 3.63) is 53.7 Å². The molecule has 1 amide bonds. The van der Waals surface area contributed by atoms with Gasteiger partial charge in [-0.2, -0.15) is 4.31 Å². The Bertz CT molecular complexity index is 1320. The highest BCUT2D eigenvalue weighted by atomic mass is 32.2. The van der Waals surface area contributed by atoms with Crippen LogP contribution < -0.4 is 4.74 Å². The van der Waals surface area contributed by atoms with Gasteiger partial charge in [0.2, 0.25) is 15.9 Å². The summed E-state index contributed by atoms with van der Waals surface area (Å²) in [7, 11) is -2.27. The normalized spacial score (nSPS) is 22.1. The van der Waals surface area contributed by atoms with Crippen LogP contribution in [0.2, 0.25) is 0 Å². The van der Waals surface area contributed by atoms with E-state index in [0.29, 0.717) is 18.4 Å². The number of benzene rings is 1. The molecular weight excluding hydrogens is 506 g/mol. The van der Waals surface area contributed by atoms with E-state index in [1.165, 1.54) is 17.5 Å². The summed E-state index contributed by atoms with van der Waals surface area (Å²) >= 11 is 0. The molecule has 1 aliphatic heterocycles. The number of aromatic nitrogens is 1. The summed E-state index contributed by atoms with van der Waals surface area (Å²) in [4.78, 5) is 19.7.